The Kier molecular flexibility index (Phi) is 3.24. The van der Waals surface area contributed by atoms with Gasteiger partial charge in [-0.25, -0.2) is 0 Å². The van der Waals surface area contributed by atoms with E-state index in [1.807, 2.05) is 6.07 Å². The van der Waals surface area contributed by atoms with E-state index >= 15 is 0 Å². The smallest absolute Gasteiger partial charge is 0.0732 e. The number of hydrogen-bond acceptors (Lipinski definition) is 3. The van der Waals surface area contributed by atoms with Crippen molar-refractivity contribution in [3.8, 4) is 0 Å². The lowest BCUT2D eigenvalue weighted by Crippen LogP contribution is -2.38. The highest BCUT2D eigenvalue weighted by Gasteiger charge is 2.30. The van der Waals surface area contributed by atoms with Gasteiger partial charge in [-0.3, -0.25) is 4.98 Å². The summed E-state index contributed by atoms with van der Waals surface area (Å²) in [4.78, 5) is 3.92. The average molecular weight is 228 g/mol. The van der Waals surface area contributed by atoms with Crippen LogP contribution in [0.1, 0.15) is 18.4 Å². The zero-order valence-corrected chi connectivity index (χ0v) is 9.20. The summed E-state index contributed by atoms with van der Waals surface area (Å²) in [5.41, 5.74) is 0.291. The highest BCUT2D eigenvalue weighted by atomic mass is 35.5. The molecule has 0 aliphatic carbocycles. The maximum atomic E-state index is 10.3. The summed E-state index contributed by atoms with van der Waals surface area (Å²) in [6.45, 7) is 1.25. The van der Waals surface area contributed by atoms with E-state index in [-0.39, 0.29) is 0 Å². The lowest BCUT2D eigenvalue weighted by atomic mass is 9.88. The van der Waals surface area contributed by atoms with Crippen LogP contribution in [0.5, 0.6) is 0 Å². The lowest BCUT2D eigenvalue weighted by molar-refractivity contribution is -0.0625. The van der Waals surface area contributed by atoms with E-state index in [1.54, 1.807) is 12.4 Å². The molecule has 0 spiro atoms. The van der Waals surface area contributed by atoms with Crippen LogP contribution >= 0.6 is 11.6 Å². The van der Waals surface area contributed by atoms with Crippen LogP contribution in [0.3, 0.4) is 0 Å². The van der Waals surface area contributed by atoms with Gasteiger partial charge in [0.1, 0.15) is 0 Å². The zero-order valence-electron chi connectivity index (χ0n) is 8.45. The van der Waals surface area contributed by atoms with Crippen molar-refractivity contribution in [2.75, 3.05) is 13.2 Å². The number of ether oxygens (including phenoxy) is 1. The van der Waals surface area contributed by atoms with Crippen molar-refractivity contribution in [2.24, 2.45) is 0 Å². The monoisotopic (exact) mass is 227 g/mol. The van der Waals surface area contributed by atoms with Gasteiger partial charge in [0.15, 0.2) is 0 Å². The molecule has 1 aromatic rings. The Morgan fingerprint density at radius 2 is 2.20 bits per heavy atom. The van der Waals surface area contributed by atoms with Gasteiger partial charge in [-0.05, 0) is 24.5 Å². The third kappa shape index (κ3) is 2.68. The van der Waals surface area contributed by atoms with Crippen molar-refractivity contribution in [2.45, 2.75) is 24.9 Å². The second-order valence-corrected chi connectivity index (χ2v) is 4.39. The second kappa shape index (κ2) is 4.47. The van der Waals surface area contributed by atoms with Gasteiger partial charge in [-0.2, -0.15) is 0 Å². The number of halogens is 1. The normalized spacial score (nSPS) is 20.1. The Balaban J connectivity index is 2.10. The number of pyridine rings is 1. The van der Waals surface area contributed by atoms with E-state index < -0.39 is 5.60 Å². The molecule has 2 rings (SSSR count). The second-order valence-electron chi connectivity index (χ2n) is 3.98. The minimum atomic E-state index is -0.663. The van der Waals surface area contributed by atoms with Gasteiger partial charge in [0.2, 0.25) is 0 Å². The zero-order chi connectivity index (χ0) is 10.7. The predicted octanol–water partition coefficient (Wildman–Crippen LogP) is 1.82. The molecule has 0 unspecified atom stereocenters. The van der Waals surface area contributed by atoms with Crippen LogP contribution in [0.4, 0.5) is 0 Å². The first kappa shape index (κ1) is 10.9. The van der Waals surface area contributed by atoms with Crippen LogP contribution in [-0.4, -0.2) is 28.9 Å². The van der Waals surface area contributed by atoms with Crippen molar-refractivity contribution in [3.05, 3.63) is 29.0 Å². The molecule has 1 N–H and O–H groups in total. The van der Waals surface area contributed by atoms with E-state index in [9.17, 15) is 5.11 Å². The summed E-state index contributed by atoms with van der Waals surface area (Å²) in [5, 5.41) is 10.9. The fourth-order valence-electron chi connectivity index (χ4n) is 1.83. The molecule has 0 bridgehead atoms. The fourth-order valence-corrected chi connectivity index (χ4v) is 2.02. The Bertz CT molecular complexity index is 337. The largest absolute Gasteiger partial charge is 0.389 e. The van der Waals surface area contributed by atoms with Crippen molar-refractivity contribution < 1.29 is 9.84 Å². The topological polar surface area (TPSA) is 42.4 Å². The number of aromatic nitrogens is 1. The van der Waals surface area contributed by atoms with Crippen LogP contribution in [-0.2, 0) is 11.2 Å². The van der Waals surface area contributed by atoms with Crippen molar-refractivity contribution in [3.63, 3.8) is 0 Å². The Labute approximate surface area is 94.0 Å². The third-order valence-electron chi connectivity index (χ3n) is 2.80. The van der Waals surface area contributed by atoms with Crippen molar-refractivity contribution in [1.82, 2.24) is 4.98 Å². The van der Waals surface area contributed by atoms with Crippen LogP contribution in [0.15, 0.2) is 18.5 Å². The lowest BCUT2D eigenvalue weighted by Gasteiger charge is -2.32. The minimum Gasteiger partial charge on any atom is -0.389 e. The van der Waals surface area contributed by atoms with Gasteiger partial charge >= 0.3 is 0 Å². The van der Waals surface area contributed by atoms with Gasteiger partial charge in [-0.15, -0.1) is 0 Å². The molecule has 0 amide bonds. The number of aliphatic hydroxyl groups is 1. The van der Waals surface area contributed by atoms with E-state index in [0.29, 0.717) is 37.5 Å². The molecule has 1 fully saturated rings. The van der Waals surface area contributed by atoms with E-state index in [1.165, 1.54) is 0 Å². The minimum absolute atomic E-state index is 0.581. The predicted molar refractivity (Wildman–Crippen MR) is 58.0 cm³/mol. The van der Waals surface area contributed by atoms with Crippen LogP contribution in [0, 0.1) is 0 Å². The van der Waals surface area contributed by atoms with E-state index in [2.05, 4.69) is 4.98 Å². The molecule has 0 atom stereocenters. The van der Waals surface area contributed by atoms with Crippen LogP contribution < -0.4 is 0 Å². The number of rotatable bonds is 2. The Morgan fingerprint density at radius 1 is 1.47 bits per heavy atom. The molecule has 1 aliphatic rings. The van der Waals surface area contributed by atoms with Gasteiger partial charge in [0.05, 0.1) is 10.6 Å². The van der Waals surface area contributed by atoms with Crippen molar-refractivity contribution in [1.29, 1.82) is 0 Å². The summed E-state index contributed by atoms with van der Waals surface area (Å²) in [6, 6.07) is 1.86. The van der Waals surface area contributed by atoms with Gasteiger partial charge in [0.25, 0.3) is 0 Å². The molecule has 15 heavy (non-hydrogen) atoms. The first-order valence-corrected chi connectivity index (χ1v) is 5.46. The molecule has 1 saturated heterocycles. The molecule has 1 aromatic heterocycles. The molecular formula is C11H14ClNO2. The molecule has 1 aliphatic heterocycles. The standard InChI is InChI=1S/C11H14ClNO2/c12-10-8-13-4-1-9(10)7-11(14)2-5-15-6-3-11/h1,4,8,14H,2-3,5-7H2. The van der Waals surface area contributed by atoms with Crippen LogP contribution in [0.25, 0.3) is 0 Å². The van der Waals surface area contributed by atoms with E-state index in [4.69, 9.17) is 16.3 Å². The first-order valence-electron chi connectivity index (χ1n) is 5.08. The molecule has 3 nitrogen and oxygen atoms in total. The summed E-state index contributed by atoms with van der Waals surface area (Å²) in [7, 11) is 0. The van der Waals surface area contributed by atoms with E-state index in [0.717, 1.165) is 5.56 Å². The summed E-state index contributed by atoms with van der Waals surface area (Å²) in [5.74, 6) is 0. The Morgan fingerprint density at radius 3 is 2.87 bits per heavy atom. The molecule has 4 heteroatoms. The van der Waals surface area contributed by atoms with Gasteiger partial charge in [-0.1, -0.05) is 11.6 Å². The molecular weight excluding hydrogens is 214 g/mol. The summed E-state index contributed by atoms with van der Waals surface area (Å²) < 4.78 is 5.23. The Hall–Kier alpha value is -0.640. The molecule has 0 saturated carbocycles. The molecule has 0 aromatic carbocycles. The molecule has 2 heterocycles. The fraction of sp³-hybridized carbons (Fsp3) is 0.545. The highest BCUT2D eigenvalue weighted by Crippen LogP contribution is 2.27. The van der Waals surface area contributed by atoms with Gasteiger partial charge < -0.3 is 9.84 Å². The number of hydrogen-bond donors (Lipinski definition) is 1. The maximum absolute atomic E-state index is 10.3. The highest BCUT2D eigenvalue weighted by molar-refractivity contribution is 6.31. The summed E-state index contributed by atoms with van der Waals surface area (Å²) >= 11 is 6.00. The average Bonchev–Trinajstić information content (AvgIpc) is 2.22. The number of nitrogens with zero attached hydrogens (tertiary/aromatic N) is 1. The summed E-state index contributed by atoms with van der Waals surface area (Å²) in [6.07, 6.45) is 5.23. The third-order valence-corrected chi connectivity index (χ3v) is 3.14. The van der Waals surface area contributed by atoms with Gasteiger partial charge in [0, 0.05) is 32.0 Å². The SMILES string of the molecule is OC1(Cc2ccncc2Cl)CCOCC1. The van der Waals surface area contributed by atoms with Crippen molar-refractivity contribution >= 4 is 11.6 Å². The quantitative estimate of drug-likeness (QED) is 0.838. The van der Waals surface area contributed by atoms with Crippen LogP contribution in [0.2, 0.25) is 5.02 Å². The molecule has 82 valence electrons. The first-order chi connectivity index (χ1) is 7.20. The maximum Gasteiger partial charge on any atom is 0.0732 e. The molecule has 0 radical (unpaired) electrons.